The van der Waals surface area contributed by atoms with Crippen LogP contribution in [0, 0.1) is 5.92 Å². The van der Waals surface area contributed by atoms with Crippen LogP contribution in [0.2, 0.25) is 0 Å². The molecule has 2 N–H and O–H groups in total. The maximum Gasteiger partial charge on any atom is 0.225 e. The third kappa shape index (κ3) is 2.29. The molecular weight excluding hydrogens is 252 g/mol. The van der Waals surface area contributed by atoms with Crippen molar-refractivity contribution in [1.29, 1.82) is 0 Å². The molecule has 0 spiro atoms. The number of nitrogens with zero attached hydrogens (tertiary/aromatic N) is 1. The van der Waals surface area contributed by atoms with E-state index in [1.54, 1.807) is 0 Å². The van der Waals surface area contributed by atoms with Crippen LogP contribution in [-0.4, -0.2) is 30.1 Å². The maximum absolute atomic E-state index is 11.8. The van der Waals surface area contributed by atoms with Crippen LogP contribution in [0.25, 0.3) is 0 Å². The summed E-state index contributed by atoms with van der Waals surface area (Å²) in [4.78, 5) is 14.1. The van der Waals surface area contributed by atoms with Crippen molar-refractivity contribution < 1.29 is 9.90 Å². The Morgan fingerprint density at radius 2 is 2.15 bits per heavy atom. The van der Waals surface area contributed by atoms with E-state index in [-0.39, 0.29) is 24.0 Å². The summed E-state index contributed by atoms with van der Waals surface area (Å²) < 4.78 is 0. The average Bonchev–Trinajstić information content (AvgIpc) is 2.88. The van der Waals surface area contributed by atoms with E-state index in [9.17, 15) is 9.90 Å². The van der Waals surface area contributed by atoms with Gasteiger partial charge in [-0.1, -0.05) is 19.1 Å². The number of nitrogens with one attached hydrogen (secondary N) is 1. The SMILES string of the molecule is CC[C@@H](O)c1ccc(N2CCCC3C(=O)NCC32)cc1. The monoisotopic (exact) mass is 274 g/mol. The molecule has 4 heteroatoms. The molecule has 108 valence electrons. The molecule has 2 heterocycles. The lowest BCUT2D eigenvalue weighted by molar-refractivity contribution is -0.122. The topological polar surface area (TPSA) is 52.6 Å². The number of amides is 1. The van der Waals surface area contributed by atoms with Gasteiger partial charge in [0, 0.05) is 18.8 Å². The van der Waals surface area contributed by atoms with Crippen molar-refractivity contribution in [1.82, 2.24) is 5.32 Å². The van der Waals surface area contributed by atoms with Crippen molar-refractivity contribution in [3.63, 3.8) is 0 Å². The van der Waals surface area contributed by atoms with Gasteiger partial charge in [-0.2, -0.15) is 0 Å². The number of rotatable bonds is 3. The van der Waals surface area contributed by atoms with Gasteiger partial charge in [0.15, 0.2) is 0 Å². The van der Waals surface area contributed by atoms with Crippen molar-refractivity contribution in [2.45, 2.75) is 38.3 Å². The quantitative estimate of drug-likeness (QED) is 0.884. The molecule has 3 rings (SSSR count). The molecular formula is C16H22N2O2. The summed E-state index contributed by atoms with van der Waals surface area (Å²) in [5.74, 6) is 0.349. The molecule has 2 fully saturated rings. The van der Waals surface area contributed by atoms with E-state index in [0.29, 0.717) is 0 Å². The number of benzene rings is 1. The minimum Gasteiger partial charge on any atom is -0.388 e. The molecule has 4 nitrogen and oxygen atoms in total. The number of hydrogen-bond acceptors (Lipinski definition) is 3. The molecule has 0 radical (unpaired) electrons. The number of aliphatic hydroxyl groups is 1. The predicted octanol–water partition coefficient (Wildman–Crippen LogP) is 1.84. The number of piperidine rings is 1. The van der Waals surface area contributed by atoms with Gasteiger partial charge < -0.3 is 15.3 Å². The minimum atomic E-state index is -0.382. The van der Waals surface area contributed by atoms with Crippen LogP contribution >= 0.6 is 0 Å². The van der Waals surface area contributed by atoms with E-state index in [1.807, 2.05) is 19.1 Å². The Labute approximate surface area is 119 Å². The van der Waals surface area contributed by atoms with Gasteiger partial charge in [-0.25, -0.2) is 0 Å². The Bertz CT molecular complexity index is 486. The third-order valence-corrected chi connectivity index (χ3v) is 4.60. The zero-order chi connectivity index (χ0) is 14.1. The van der Waals surface area contributed by atoms with Gasteiger partial charge in [0.05, 0.1) is 18.1 Å². The summed E-state index contributed by atoms with van der Waals surface area (Å²) in [5, 5.41) is 12.8. The molecule has 0 aliphatic carbocycles. The Hall–Kier alpha value is -1.55. The van der Waals surface area contributed by atoms with Gasteiger partial charge in [-0.05, 0) is 37.0 Å². The van der Waals surface area contributed by atoms with Crippen LogP contribution in [0.4, 0.5) is 5.69 Å². The molecule has 3 atom stereocenters. The summed E-state index contributed by atoms with van der Waals surface area (Å²) in [6.45, 7) is 3.73. The minimum absolute atomic E-state index is 0.143. The Morgan fingerprint density at radius 1 is 1.40 bits per heavy atom. The highest BCUT2D eigenvalue weighted by Gasteiger charge is 2.40. The fraction of sp³-hybridized carbons (Fsp3) is 0.562. The Kier molecular flexibility index (Phi) is 3.66. The molecule has 0 aromatic heterocycles. The second-order valence-corrected chi connectivity index (χ2v) is 5.77. The van der Waals surface area contributed by atoms with E-state index >= 15 is 0 Å². The normalized spacial score (nSPS) is 27.1. The van der Waals surface area contributed by atoms with Gasteiger partial charge in [0.25, 0.3) is 0 Å². The first-order valence-electron chi connectivity index (χ1n) is 7.53. The van der Waals surface area contributed by atoms with E-state index in [2.05, 4.69) is 22.3 Å². The van der Waals surface area contributed by atoms with E-state index in [4.69, 9.17) is 0 Å². The van der Waals surface area contributed by atoms with E-state index < -0.39 is 0 Å². The number of carbonyl (C=O) groups is 1. The van der Waals surface area contributed by atoms with Crippen molar-refractivity contribution >= 4 is 11.6 Å². The molecule has 1 aromatic carbocycles. The first-order chi connectivity index (χ1) is 9.70. The molecule has 2 unspecified atom stereocenters. The lowest BCUT2D eigenvalue weighted by atomic mass is 9.91. The van der Waals surface area contributed by atoms with E-state index in [0.717, 1.165) is 43.6 Å². The van der Waals surface area contributed by atoms with Crippen molar-refractivity contribution in [3.05, 3.63) is 29.8 Å². The lowest BCUT2D eigenvalue weighted by Gasteiger charge is -2.37. The van der Waals surface area contributed by atoms with Gasteiger partial charge in [-0.3, -0.25) is 4.79 Å². The average molecular weight is 274 g/mol. The Balaban J connectivity index is 1.80. The lowest BCUT2D eigenvalue weighted by Crippen LogP contribution is -2.45. The molecule has 1 aromatic rings. The number of carbonyl (C=O) groups excluding carboxylic acids is 1. The number of hydrogen-bond donors (Lipinski definition) is 2. The van der Waals surface area contributed by atoms with Crippen LogP contribution in [0.1, 0.15) is 37.9 Å². The zero-order valence-electron chi connectivity index (χ0n) is 11.9. The smallest absolute Gasteiger partial charge is 0.225 e. The number of fused-ring (bicyclic) bond motifs is 1. The largest absolute Gasteiger partial charge is 0.388 e. The van der Waals surface area contributed by atoms with Gasteiger partial charge >= 0.3 is 0 Å². The molecule has 2 aliphatic rings. The standard InChI is InChI=1S/C16H22N2O2/c1-2-15(19)11-5-7-12(8-6-11)18-9-3-4-13-14(18)10-17-16(13)20/h5-8,13-15,19H,2-4,9-10H2,1H3,(H,17,20)/t13?,14?,15-/m1/s1. The van der Waals surface area contributed by atoms with Crippen LogP contribution in [0.5, 0.6) is 0 Å². The van der Waals surface area contributed by atoms with Crippen LogP contribution in [0.15, 0.2) is 24.3 Å². The van der Waals surface area contributed by atoms with Gasteiger partial charge in [0.1, 0.15) is 0 Å². The van der Waals surface area contributed by atoms with Crippen molar-refractivity contribution in [2.75, 3.05) is 18.0 Å². The second-order valence-electron chi connectivity index (χ2n) is 5.77. The highest BCUT2D eigenvalue weighted by molar-refractivity contribution is 5.83. The highest BCUT2D eigenvalue weighted by atomic mass is 16.3. The summed E-state index contributed by atoms with van der Waals surface area (Å²) in [5.41, 5.74) is 2.12. The molecule has 0 bridgehead atoms. The maximum atomic E-state index is 11.8. The number of anilines is 1. The summed E-state index contributed by atoms with van der Waals surface area (Å²) in [6, 6.07) is 8.42. The van der Waals surface area contributed by atoms with E-state index in [1.165, 1.54) is 0 Å². The molecule has 20 heavy (non-hydrogen) atoms. The summed E-state index contributed by atoms with van der Waals surface area (Å²) in [7, 11) is 0. The molecule has 2 saturated heterocycles. The fourth-order valence-corrected chi connectivity index (χ4v) is 3.40. The summed E-state index contributed by atoms with van der Waals surface area (Å²) in [6.07, 6.45) is 2.41. The second kappa shape index (κ2) is 5.44. The first kappa shape index (κ1) is 13.4. The summed E-state index contributed by atoms with van der Waals surface area (Å²) >= 11 is 0. The van der Waals surface area contributed by atoms with Gasteiger partial charge in [-0.15, -0.1) is 0 Å². The first-order valence-corrected chi connectivity index (χ1v) is 7.53. The van der Waals surface area contributed by atoms with Crippen LogP contribution in [0.3, 0.4) is 0 Å². The van der Waals surface area contributed by atoms with Crippen LogP contribution in [-0.2, 0) is 4.79 Å². The predicted molar refractivity (Wildman–Crippen MR) is 78.6 cm³/mol. The molecule has 1 amide bonds. The molecule has 2 aliphatic heterocycles. The fourth-order valence-electron chi connectivity index (χ4n) is 3.40. The number of aliphatic hydroxyl groups excluding tert-OH is 1. The Morgan fingerprint density at radius 3 is 2.85 bits per heavy atom. The third-order valence-electron chi connectivity index (χ3n) is 4.60. The van der Waals surface area contributed by atoms with Crippen molar-refractivity contribution in [3.8, 4) is 0 Å². The van der Waals surface area contributed by atoms with Crippen LogP contribution < -0.4 is 10.2 Å². The molecule has 0 saturated carbocycles. The van der Waals surface area contributed by atoms with Crippen molar-refractivity contribution in [2.24, 2.45) is 5.92 Å². The van der Waals surface area contributed by atoms with Gasteiger partial charge in [0.2, 0.25) is 5.91 Å². The highest BCUT2D eigenvalue weighted by Crippen LogP contribution is 2.32. The zero-order valence-corrected chi connectivity index (χ0v) is 11.9.